The Morgan fingerprint density at radius 2 is 0.978 bits per heavy atom. The quantitative estimate of drug-likeness (QED) is 0.272. The smallest absolute Gasteiger partial charge is 0.303 e. The molecule has 8 unspecified atom stereocenters. The van der Waals surface area contributed by atoms with Crippen molar-refractivity contribution in [1.29, 1.82) is 0 Å². The SMILES string of the molecule is CC(=O)OC1C(OC2C(c3ccccc3)C(OC3CC4CCC(C3OC(C)=O)N4C)C2c2ccccc2)CC2CCC1N2C.CCl. The number of rotatable bonds is 8. The molecule has 46 heavy (non-hydrogen) atoms. The molecule has 8 nitrogen and oxygen atoms in total. The average Bonchev–Trinajstić information content (AvgIpc) is 3.45. The monoisotopic (exact) mass is 652 g/mol. The highest BCUT2D eigenvalue weighted by Gasteiger charge is 2.59. The lowest BCUT2D eigenvalue weighted by atomic mass is 9.62. The summed E-state index contributed by atoms with van der Waals surface area (Å²) >= 11 is 4.64. The molecule has 2 aromatic carbocycles. The molecule has 4 saturated heterocycles. The fourth-order valence-corrected chi connectivity index (χ4v) is 9.23. The molecular formula is C37H49ClN2O6. The lowest BCUT2D eigenvalue weighted by Crippen LogP contribution is -2.62. The number of fused-ring (bicyclic) bond motifs is 4. The van der Waals surface area contributed by atoms with Gasteiger partial charge in [0, 0.05) is 56.2 Å². The van der Waals surface area contributed by atoms with Crippen LogP contribution < -0.4 is 0 Å². The molecular weight excluding hydrogens is 604 g/mol. The van der Waals surface area contributed by atoms with Crippen molar-refractivity contribution in [2.24, 2.45) is 0 Å². The zero-order chi connectivity index (χ0) is 32.5. The summed E-state index contributed by atoms with van der Waals surface area (Å²) in [5.41, 5.74) is 2.35. The number of benzene rings is 2. The Hall–Kier alpha value is -2.49. The van der Waals surface area contributed by atoms with Gasteiger partial charge < -0.3 is 18.9 Å². The van der Waals surface area contributed by atoms with Crippen LogP contribution in [-0.2, 0) is 28.5 Å². The Balaban J connectivity index is 0.00000182. The fourth-order valence-electron chi connectivity index (χ4n) is 9.23. The first-order chi connectivity index (χ1) is 22.3. The van der Waals surface area contributed by atoms with Crippen LogP contribution in [0.25, 0.3) is 0 Å². The Bertz CT molecular complexity index is 1220. The van der Waals surface area contributed by atoms with E-state index in [1.54, 1.807) is 0 Å². The zero-order valence-electron chi connectivity index (χ0n) is 27.7. The first-order valence-electron chi connectivity index (χ1n) is 16.9. The molecule has 0 aromatic heterocycles. The second-order valence-electron chi connectivity index (χ2n) is 13.7. The minimum Gasteiger partial charge on any atom is -0.458 e. The van der Waals surface area contributed by atoms with Crippen molar-refractivity contribution in [3.63, 3.8) is 0 Å². The number of hydrogen-bond acceptors (Lipinski definition) is 8. The van der Waals surface area contributed by atoms with Gasteiger partial charge >= 0.3 is 11.9 Å². The number of likely N-dealkylation sites (N-methyl/N-ethyl adjacent to an activating group) is 2. The normalized spacial score (nSPS) is 38.3. The number of alkyl halides is 1. The fraction of sp³-hybridized carbons (Fsp3) is 0.622. The molecule has 0 spiro atoms. The van der Waals surface area contributed by atoms with E-state index in [0.717, 1.165) is 38.5 Å². The molecule has 0 N–H and O–H groups in total. The van der Waals surface area contributed by atoms with Crippen molar-refractivity contribution in [1.82, 2.24) is 9.80 Å². The van der Waals surface area contributed by atoms with Gasteiger partial charge in [-0.15, -0.1) is 11.6 Å². The molecule has 0 amide bonds. The number of piperidine rings is 2. The van der Waals surface area contributed by atoms with Crippen LogP contribution in [0.2, 0.25) is 0 Å². The average molecular weight is 653 g/mol. The number of nitrogens with zero attached hydrogens (tertiary/aromatic N) is 2. The molecule has 5 aliphatic rings. The third kappa shape index (κ3) is 6.36. The largest absolute Gasteiger partial charge is 0.458 e. The van der Waals surface area contributed by atoms with Crippen molar-refractivity contribution in [3.8, 4) is 0 Å². The number of esters is 2. The molecule has 4 aliphatic heterocycles. The van der Waals surface area contributed by atoms with Crippen LogP contribution in [0.1, 0.15) is 75.3 Å². The molecule has 1 saturated carbocycles. The van der Waals surface area contributed by atoms with E-state index in [2.05, 4.69) is 84.0 Å². The van der Waals surface area contributed by atoms with E-state index < -0.39 is 0 Å². The highest BCUT2D eigenvalue weighted by Crippen LogP contribution is 2.54. The second-order valence-corrected chi connectivity index (χ2v) is 13.7. The number of halogens is 1. The van der Waals surface area contributed by atoms with Gasteiger partial charge in [-0.05, 0) is 63.7 Å². The van der Waals surface area contributed by atoms with Gasteiger partial charge in [0.2, 0.25) is 0 Å². The van der Waals surface area contributed by atoms with Gasteiger partial charge in [-0.2, -0.15) is 0 Å². The standard InChI is InChI=1S/C36H46N2O6.CH3Cl/c1-21(39)41-33-27-17-15-25(37(27)3)19-29(33)43-35-31(23-11-7-5-8-12-23)36(32(35)24-13-9-6-10-14-24)44-30-20-26-16-18-28(38(26)4)34(30)42-22(2)40;1-2/h5-14,25-36H,15-20H2,1-4H3;1H3. The summed E-state index contributed by atoms with van der Waals surface area (Å²) < 4.78 is 26.4. The van der Waals surface area contributed by atoms with Gasteiger partial charge in [-0.1, -0.05) is 60.7 Å². The van der Waals surface area contributed by atoms with Gasteiger partial charge in [-0.3, -0.25) is 19.4 Å². The minimum atomic E-state index is -0.304. The third-order valence-electron chi connectivity index (χ3n) is 11.3. The predicted octanol–water partition coefficient (Wildman–Crippen LogP) is 5.53. The van der Waals surface area contributed by atoms with Gasteiger partial charge in [0.05, 0.1) is 24.4 Å². The maximum absolute atomic E-state index is 12.3. The third-order valence-corrected chi connectivity index (χ3v) is 11.3. The number of carbonyl (C=O) groups excluding carboxylic acids is 2. The van der Waals surface area contributed by atoms with E-state index in [1.165, 1.54) is 31.4 Å². The van der Waals surface area contributed by atoms with Crippen molar-refractivity contribution in [2.45, 2.75) is 125 Å². The van der Waals surface area contributed by atoms with E-state index in [9.17, 15) is 9.59 Å². The van der Waals surface area contributed by atoms with Crippen LogP contribution in [0.4, 0.5) is 0 Å². The maximum Gasteiger partial charge on any atom is 0.303 e. The van der Waals surface area contributed by atoms with E-state index in [1.807, 2.05) is 12.1 Å². The number of carbonyl (C=O) groups is 2. The Kier molecular flexibility index (Phi) is 10.4. The highest BCUT2D eigenvalue weighted by molar-refractivity contribution is 6.15. The molecule has 4 heterocycles. The lowest BCUT2D eigenvalue weighted by molar-refractivity contribution is -0.231. The van der Waals surface area contributed by atoms with E-state index in [-0.39, 0.29) is 72.5 Å². The topological polar surface area (TPSA) is 77.5 Å². The molecule has 250 valence electrons. The first-order valence-corrected chi connectivity index (χ1v) is 17.6. The summed E-state index contributed by atoms with van der Waals surface area (Å²) in [6.07, 6.45) is 6.04. The lowest BCUT2D eigenvalue weighted by Gasteiger charge is -2.56. The molecule has 7 rings (SSSR count). The summed E-state index contributed by atoms with van der Waals surface area (Å²) in [5, 5.41) is 0. The summed E-state index contributed by atoms with van der Waals surface area (Å²) in [6, 6.07) is 22.2. The molecule has 4 bridgehead atoms. The van der Waals surface area contributed by atoms with Crippen molar-refractivity contribution >= 4 is 23.5 Å². The van der Waals surface area contributed by atoms with Crippen molar-refractivity contribution in [2.75, 3.05) is 20.5 Å². The van der Waals surface area contributed by atoms with Crippen LogP contribution in [0.3, 0.4) is 0 Å². The van der Waals surface area contributed by atoms with E-state index in [0.29, 0.717) is 12.1 Å². The predicted molar refractivity (Wildman–Crippen MR) is 177 cm³/mol. The van der Waals surface area contributed by atoms with Crippen LogP contribution in [0, 0.1) is 0 Å². The molecule has 1 aliphatic carbocycles. The minimum absolute atomic E-state index is 0.0213. The molecule has 0 radical (unpaired) electrons. The van der Waals surface area contributed by atoms with Crippen molar-refractivity contribution < 1.29 is 28.5 Å². The summed E-state index contributed by atoms with van der Waals surface area (Å²) in [5.74, 6) is -0.562. The number of ether oxygens (including phenoxy) is 4. The van der Waals surface area contributed by atoms with Gasteiger partial charge in [0.1, 0.15) is 12.2 Å². The highest BCUT2D eigenvalue weighted by atomic mass is 35.5. The summed E-state index contributed by atoms with van der Waals surface area (Å²) in [7, 11) is 4.30. The zero-order valence-corrected chi connectivity index (χ0v) is 28.4. The number of hydrogen-bond donors (Lipinski definition) is 0. The Morgan fingerprint density at radius 3 is 1.33 bits per heavy atom. The van der Waals surface area contributed by atoms with Crippen LogP contribution in [0.5, 0.6) is 0 Å². The molecule has 8 atom stereocenters. The van der Waals surface area contributed by atoms with Gasteiger partial charge in [0.25, 0.3) is 0 Å². The van der Waals surface area contributed by atoms with Gasteiger partial charge in [0.15, 0.2) is 0 Å². The molecule has 5 fully saturated rings. The second kappa shape index (κ2) is 14.3. The Labute approximate surface area is 278 Å². The first kappa shape index (κ1) is 33.4. The molecule has 9 heteroatoms. The molecule has 2 aromatic rings. The van der Waals surface area contributed by atoms with Crippen molar-refractivity contribution in [3.05, 3.63) is 71.8 Å². The summed E-state index contributed by atoms with van der Waals surface area (Å²) in [6.45, 7) is 3.00. The Morgan fingerprint density at radius 1 is 0.609 bits per heavy atom. The maximum atomic E-state index is 12.3. The van der Waals surface area contributed by atoms with Crippen LogP contribution in [0.15, 0.2) is 60.7 Å². The van der Waals surface area contributed by atoms with E-state index >= 15 is 0 Å². The van der Waals surface area contributed by atoms with E-state index in [4.69, 9.17) is 18.9 Å². The summed E-state index contributed by atoms with van der Waals surface area (Å²) in [4.78, 5) is 29.3. The van der Waals surface area contributed by atoms with Crippen LogP contribution in [-0.4, -0.2) is 103 Å². The van der Waals surface area contributed by atoms with Crippen LogP contribution >= 0.6 is 11.6 Å². The van der Waals surface area contributed by atoms with Gasteiger partial charge in [-0.25, -0.2) is 0 Å².